The van der Waals surface area contributed by atoms with Crippen molar-refractivity contribution in [3.63, 3.8) is 0 Å². The first-order valence-corrected chi connectivity index (χ1v) is 9.23. The van der Waals surface area contributed by atoms with Crippen molar-refractivity contribution in [2.45, 2.75) is 45.1 Å². The molecule has 0 fully saturated rings. The van der Waals surface area contributed by atoms with Gasteiger partial charge >= 0.3 is 0 Å². The van der Waals surface area contributed by atoms with Gasteiger partial charge in [0.1, 0.15) is 11.7 Å². The zero-order valence-electron chi connectivity index (χ0n) is 13.7. The number of pyridine rings is 1. The van der Waals surface area contributed by atoms with Crippen LogP contribution < -0.4 is 4.90 Å². The summed E-state index contributed by atoms with van der Waals surface area (Å²) >= 11 is 5.85. The summed E-state index contributed by atoms with van der Waals surface area (Å²) in [5.41, 5.74) is 6.66. The first-order chi connectivity index (χ1) is 11.7. The quantitative estimate of drug-likeness (QED) is 0.792. The van der Waals surface area contributed by atoms with E-state index < -0.39 is 0 Å². The van der Waals surface area contributed by atoms with E-state index in [0.717, 1.165) is 30.6 Å². The molecule has 4 heteroatoms. The molecule has 4 rings (SSSR count). The molecule has 0 aliphatic heterocycles. The van der Waals surface area contributed by atoms with E-state index in [2.05, 4.69) is 29.2 Å². The van der Waals surface area contributed by atoms with Gasteiger partial charge in [-0.15, -0.1) is 11.6 Å². The van der Waals surface area contributed by atoms with Gasteiger partial charge in [-0.1, -0.05) is 18.2 Å². The molecule has 0 saturated heterocycles. The van der Waals surface area contributed by atoms with Crippen LogP contribution in [0.1, 0.15) is 40.7 Å². The van der Waals surface area contributed by atoms with Gasteiger partial charge in [-0.05, 0) is 72.4 Å². The number of fused-ring (bicyclic) bond motifs is 2. The molecule has 0 radical (unpaired) electrons. The second kappa shape index (κ2) is 6.56. The van der Waals surface area contributed by atoms with E-state index >= 15 is 0 Å². The number of aryl methyl sites for hydroxylation is 4. The maximum Gasteiger partial charge on any atom is 0.243 e. The molecule has 0 N–H and O–H groups in total. The minimum absolute atomic E-state index is 0.0241. The molecule has 0 saturated carbocycles. The molecule has 2 aliphatic carbocycles. The summed E-state index contributed by atoms with van der Waals surface area (Å²) in [5.74, 6) is 0.605. The Hall–Kier alpha value is -1.87. The first-order valence-electron chi connectivity index (χ1n) is 8.69. The Bertz CT molecular complexity index is 787. The van der Waals surface area contributed by atoms with E-state index in [4.69, 9.17) is 11.6 Å². The summed E-state index contributed by atoms with van der Waals surface area (Å²) in [4.78, 5) is 18.7. The Labute approximate surface area is 147 Å². The van der Waals surface area contributed by atoms with Crippen LogP contribution in [-0.2, 0) is 37.0 Å². The highest BCUT2D eigenvalue weighted by Gasteiger charge is 2.20. The van der Waals surface area contributed by atoms with E-state index in [9.17, 15) is 4.79 Å². The Morgan fingerprint density at radius 3 is 2.50 bits per heavy atom. The molecule has 24 heavy (non-hydrogen) atoms. The third kappa shape index (κ3) is 2.93. The van der Waals surface area contributed by atoms with Gasteiger partial charge in [-0.25, -0.2) is 4.98 Å². The molecule has 0 bridgehead atoms. The maximum absolute atomic E-state index is 12.4. The number of hydrogen-bond acceptors (Lipinski definition) is 2. The van der Waals surface area contributed by atoms with E-state index in [1.54, 1.807) is 4.90 Å². The third-order valence-corrected chi connectivity index (χ3v) is 5.38. The third-order valence-electron chi connectivity index (χ3n) is 5.16. The molecule has 2 aliphatic rings. The number of carbonyl (C=O) groups is 1. The highest BCUT2D eigenvalue weighted by atomic mass is 35.5. The monoisotopic (exact) mass is 340 g/mol. The van der Waals surface area contributed by atoms with E-state index in [-0.39, 0.29) is 11.8 Å². The molecule has 0 atom stereocenters. The van der Waals surface area contributed by atoms with Gasteiger partial charge in [0.05, 0.1) is 6.54 Å². The zero-order valence-corrected chi connectivity index (χ0v) is 14.5. The lowest BCUT2D eigenvalue weighted by Crippen LogP contribution is -2.32. The predicted molar refractivity (Wildman–Crippen MR) is 96.6 cm³/mol. The van der Waals surface area contributed by atoms with Crippen LogP contribution in [0.5, 0.6) is 0 Å². The average Bonchev–Trinajstić information content (AvgIpc) is 3.26. The number of rotatable bonds is 4. The summed E-state index contributed by atoms with van der Waals surface area (Å²) in [7, 11) is 0. The lowest BCUT2D eigenvalue weighted by molar-refractivity contribution is -0.116. The number of aromatic nitrogens is 1. The van der Waals surface area contributed by atoms with E-state index in [1.165, 1.54) is 41.5 Å². The second-order valence-corrected chi connectivity index (χ2v) is 7.00. The zero-order chi connectivity index (χ0) is 16.5. The molecule has 1 heterocycles. The number of alkyl halides is 1. The Morgan fingerprint density at radius 1 is 1.00 bits per heavy atom. The minimum atomic E-state index is -0.0948. The summed E-state index contributed by atoms with van der Waals surface area (Å²) in [5, 5.41) is 0. The highest BCUT2D eigenvalue weighted by Crippen LogP contribution is 2.27. The largest absolute Gasteiger partial charge is 0.291 e. The molecular weight excluding hydrogens is 320 g/mol. The topological polar surface area (TPSA) is 33.2 Å². The van der Waals surface area contributed by atoms with Crippen molar-refractivity contribution in [2.24, 2.45) is 0 Å². The van der Waals surface area contributed by atoms with E-state index in [0.29, 0.717) is 6.54 Å². The Kier molecular flexibility index (Phi) is 4.28. The van der Waals surface area contributed by atoms with Crippen molar-refractivity contribution < 1.29 is 4.79 Å². The van der Waals surface area contributed by atoms with Gasteiger partial charge in [0.15, 0.2) is 0 Å². The van der Waals surface area contributed by atoms with Gasteiger partial charge in [0.2, 0.25) is 5.91 Å². The molecular formula is C20H21ClN2O. The van der Waals surface area contributed by atoms with Crippen molar-refractivity contribution in [2.75, 3.05) is 10.8 Å². The number of nitrogens with zero attached hydrogens (tertiary/aromatic N) is 2. The van der Waals surface area contributed by atoms with Crippen LogP contribution >= 0.6 is 11.6 Å². The smallest absolute Gasteiger partial charge is 0.243 e. The number of carbonyl (C=O) groups excluding carboxylic acids is 1. The summed E-state index contributed by atoms with van der Waals surface area (Å²) in [6.45, 7) is 0.532. The SMILES string of the molecule is O=C(CCl)N(Cc1ccc2c(c1)CCC2)c1cc2c(cn1)CCC2. The number of anilines is 1. The van der Waals surface area contributed by atoms with Gasteiger partial charge in [0.25, 0.3) is 0 Å². The average molecular weight is 341 g/mol. The summed E-state index contributed by atoms with van der Waals surface area (Å²) in [6, 6.07) is 8.65. The minimum Gasteiger partial charge on any atom is -0.291 e. The number of amides is 1. The van der Waals surface area contributed by atoms with Crippen molar-refractivity contribution in [1.82, 2.24) is 4.98 Å². The fourth-order valence-electron chi connectivity index (χ4n) is 3.86. The predicted octanol–water partition coefficient (Wildman–Crippen LogP) is 3.83. The van der Waals surface area contributed by atoms with E-state index in [1.807, 2.05) is 6.20 Å². The van der Waals surface area contributed by atoms with Crippen LogP contribution in [0.25, 0.3) is 0 Å². The van der Waals surface area contributed by atoms with Gasteiger partial charge < -0.3 is 0 Å². The van der Waals surface area contributed by atoms with Crippen molar-refractivity contribution >= 4 is 23.3 Å². The van der Waals surface area contributed by atoms with Crippen molar-refractivity contribution in [1.29, 1.82) is 0 Å². The fraction of sp³-hybridized carbons (Fsp3) is 0.400. The molecule has 124 valence electrons. The Morgan fingerprint density at radius 2 is 1.71 bits per heavy atom. The molecule has 0 unspecified atom stereocenters. The van der Waals surface area contributed by atoms with Crippen LogP contribution in [0.2, 0.25) is 0 Å². The first kappa shape index (κ1) is 15.6. The normalized spacial score (nSPS) is 15.2. The number of benzene rings is 1. The molecule has 0 spiro atoms. The lowest BCUT2D eigenvalue weighted by Gasteiger charge is -2.22. The molecule has 2 aromatic rings. The summed E-state index contributed by atoms with van der Waals surface area (Å²) in [6.07, 6.45) is 8.82. The molecule has 3 nitrogen and oxygen atoms in total. The molecule has 1 aromatic carbocycles. The maximum atomic E-state index is 12.4. The fourth-order valence-corrected chi connectivity index (χ4v) is 4.01. The molecule has 1 amide bonds. The van der Waals surface area contributed by atoms with Crippen LogP contribution in [0.3, 0.4) is 0 Å². The van der Waals surface area contributed by atoms with Crippen molar-refractivity contribution in [3.8, 4) is 0 Å². The van der Waals surface area contributed by atoms with Crippen molar-refractivity contribution in [3.05, 3.63) is 58.3 Å². The van der Waals surface area contributed by atoms with Crippen LogP contribution in [0.4, 0.5) is 5.82 Å². The molecule has 1 aromatic heterocycles. The van der Waals surface area contributed by atoms with Gasteiger partial charge in [-0.2, -0.15) is 0 Å². The lowest BCUT2D eigenvalue weighted by atomic mass is 10.1. The number of halogens is 1. The van der Waals surface area contributed by atoms with Gasteiger partial charge in [0, 0.05) is 6.20 Å². The standard InChI is InChI=1S/C20H21ClN2O/c21-11-20(24)23(19-10-17-5-2-6-18(17)12-22-19)13-14-7-8-15-3-1-4-16(15)9-14/h7-10,12H,1-6,11,13H2. The highest BCUT2D eigenvalue weighted by molar-refractivity contribution is 6.29. The second-order valence-electron chi connectivity index (χ2n) is 6.73. The summed E-state index contributed by atoms with van der Waals surface area (Å²) < 4.78 is 0. The number of hydrogen-bond donors (Lipinski definition) is 0. The van der Waals surface area contributed by atoms with Crippen LogP contribution in [-0.4, -0.2) is 16.8 Å². The van der Waals surface area contributed by atoms with Crippen LogP contribution in [0, 0.1) is 0 Å². The van der Waals surface area contributed by atoms with Crippen LogP contribution in [0.15, 0.2) is 30.5 Å². The van der Waals surface area contributed by atoms with Gasteiger partial charge in [-0.3, -0.25) is 9.69 Å². The Balaban J connectivity index is 1.63.